The predicted molar refractivity (Wildman–Crippen MR) is 108 cm³/mol. The molecular weight excluding hydrogens is 380 g/mol. The number of ether oxygens (including phenoxy) is 1. The van der Waals surface area contributed by atoms with Crippen LogP contribution in [-0.2, 0) is 6.54 Å². The summed E-state index contributed by atoms with van der Waals surface area (Å²) in [6.07, 6.45) is 0.587. The number of fused-ring (bicyclic) bond motifs is 3. The molecule has 2 N–H and O–H groups in total. The molecule has 8 nitrogen and oxygen atoms in total. The highest BCUT2D eigenvalue weighted by Gasteiger charge is 2.15. The number of nitrogens with one attached hydrogen (secondary N) is 1. The molecule has 0 saturated heterocycles. The van der Waals surface area contributed by atoms with Crippen LogP contribution in [0.1, 0.15) is 11.1 Å². The number of carboxylic acid groups (broad SMARTS) is 1. The summed E-state index contributed by atoms with van der Waals surface area (Å²) in [5.74, 6) is 0.765. The Kier molecular flexibility index (Phi) is 4.44. The van der Waals surface area contributed by atoms with Crippen molar-refractivity contribution in [3.63, 3.8) is 0 Å². The molecule has 0 bridgehead atoms. The zero-order valence-electron chi connectivity index (χ0n) is 15.1. The topological polar surface area (TPSA) is 106 Å². The first-order valence-corrected chi connectivity index (χ1v) is 9.21. The number of anilines is 1. The van der Waals surface area contributed by atoms with Gasteiger partial charge in [0.25, 0.3) is 0 Å². The Hall–Kier alpha value is -3.46. The Bertz CT molecular complexity index is 1260. The van der Waals surface area contributed by atoms with Gasteiger partial charge in [0, 0.05) is 11.8 Å². The van der Waals surface area contributed by atoms with Gasteiger partial charge in [-0.2, -0.15) is 5.10 Å². The van der Waals surface area contributed by atoms with Crippen molar-refractivity contribution in [2.24, 2.45) is 0 Å². The molecule has 2 aromatic heterocycles. The molecule has 0 aliphatic heterocycles. The zero-order chi connectivity index (χ0) is 19.8. The molecule has 0 fully saturated rings. The second kappa shape index (κ2) is 6.93. The quantitative estimate of drug-likeness (QED) is 0.547. The number of nitrogens with zero attached hydrogens (tertiary/aromatic N) is 3. The Balaban J connectivity index is 1.85. The standard InChI is InChI=1S/C19H16N4O4S/c1-10-7-14-15(20-18(28-14)21-19(25)26)13-9-23(22-16(13)17(10)24)8-11-3-5-12(27-2)6-4-11/h3-7,9H,8H2,1-2H3,(H,20,21)(H,25,26). The van der Waals surface area contributed by atoms with E-state index >= 15 is 0 Å². The van der Waals surface area contributed by atoms with Crippen molar-refractivity contribution in [3.8, 4) is 5.75 Å². The monoisotopic (exact) mass is 396 g/mol. The Labute approximate surface area is 163 Å². The van der Waals surface area contributed by atoms with Crippen molar-refractivity contribution in [3.05, 3.63) is 57.9 Å². The minimum atomic E-state index is -1.18. The molecule has 1 amide bonds. The highest BCUT2D eigenvalue weighted by atomic mass is 32.1. The van der Waals surface area contributed by atoms with Crippen molar-refractivity contribution < 1.29 is 14.6 Å². The van der Waals surface area contributed by atoms with Gasteiger partial charge in [-0.25, -0.2) is 9.78 Å². The van der Waals surface area contributed by atoms with E-state index in [1.54, 1.807) is 31.0 Å². The van der Waals surface area contributed by atoms with E-state index in [1.807, 2.05) is 24.3 Å². The summed E-state index contributed by atoms with van der Waals surface area (Å²) in [5, 5.41) is 16.5. The first-order chi connectivity index (χ1) is 13.4. The molecule has 0 atom stereocenters. The molecule has 2 heterocycles. The third-order valence-electron chi connectivity index (χ3n) is 4.31. The molecule has 9 heteroatoms. The van der Waals surface area contributed by atoms with Crippen molar-refractivity contribution >= 4 is 43.7 Å². The molecule has 0 unspecified atom stereocenters. The fraction of sp³-hybridized carbons (Fsp3) is 0.158. The van der Waals surface area contributed by atoms with Gasteiger partial charge < -0.3 is 9.84 Å². The van der Waals surface area contributed by atoms with Crippen molar-refractivity contribution in [2.45, 2.75) is 13.5 Å². The number of aromatic nitrogens is 3. The molecule has 0 spiro atoms. The van der Waals surface area contributed by atoms with Gasteiger partial charge in [-0.1, -0.05) is 23.5 Å². The van der Waals surface area contributed by atoms with Crippen molar-refractivity contribution in [1.29, 1.82) is 0 Å². The highest BCUT2D eigenvalue weighted by molar-refractivity contribution is 7.22. The Morgan fingerprint density at radius 1 is 1.29 bits per heavy atom. The van der Waals surface area contributed by atoms with Crippen molar-refractivity contribution in [1.82, 2.24) is 14.8 Å². The third-order valence-corrected chi connectivity index (χ3v) is 5.23. The Morgan fingerprint density at radius 3 is 2.71 bits per heavy atom. The van der Waals surface area contributed by atoms with E-state index in [1.165, 1.54) is 11.3 Å². The summed E-state index contributed by atoms with van der Waals surface area (Å²) in [6.45, 7) is 2.19. The number of hydrogen-bond acceptors (Lipinski definition) is 6. The van der Waals surface area contributed by atoms with Crippen LogP contribution in [0.4, 0.5) is 9.93 Å². The number of carbonyl (C=O) groups is 1. The lowest BCUT2D eigenvalue weighted by Crippen LogP contribution is -2.06. The van der Waals surface area contributed by atoms with Gasteiger partial charge in [0.05, 0.1) is 29.3 Å². The largest absolute Gasteiger partial charge is 0.497 e. The van der Waals surface area contributed by atoms with Crippen LogP contribution < -0.4 is 15.5 Å². The summed E-state index contributed by atoms with van der Waals surface area (Å²) in [7, 11) is 1.61. The number of rotatable bonds is 4. The van der Waals surface area contributed by atoms with Gasteiger partial charge in [-0.05, 0) is 30.7 Å². The van der Waals surface area contributed by atoms with Gasteiger partial charge in [-0.15, -0.1) is 0 Å². The highest BCUT2D eigenvalue weighted by Crippen LogP contribution is 2.30. The number of hydrogen-bond donors (Lipinski definition) is 2. The molecule has 142 valence electrons. The van der Waals surface area contributed by atoms with Crippen LogP contribution in [0.25, 0.3) is 21.1 Å². The second-order valence-electron chi connectivity index (χ2n) is 6.26. The SMILES string of the molecule is COc1ccc(Cn2cc3c(n2)c(=O)c(C)cc2sc(NC(=O)O)nc23)cc1. The lowest BCUT2D eigenvalue weighted by molar-refractivity contribution is 0.209. The zero-order valence-corrected chi connectivity index (χ0v) is 15.9. The molecule has 4 rings (SSSR count). The van der Waals surface area contributed by atoms with Gasteiger partial charge >= 0.3 is 6.09 Å². The number of amides is 1. The average Bonchev–Trinajstić information content (AvgIpc) is 3.22. The summed E-state index contributed by atoms with van der Waals surface area (Å²) < 4.78 is 7.58. The van der Waals surface area contributed by atoms with Crippen LogP contribution in [0.2, 0.25) is 0 Å². The van der Waals surface area contributed by atoms with Gasteiger partial charge in [-0.3, -0.25) is 14.8 Å². The summed E-state index contributed by atoms with van der Waals surface area (Å²) in [6, 6.07) is 9.32. The molecule has 28 heavy (non-hydrogen) atoms. The van der Waals surface area contributed by atoms with E-state index in [2.05, 4.69) is 15.4 Å². The average molecular weight is 396 g/mol. The van der Waals surface area contributed by atoms with E-state index in [-0.39, 0.29) is 10.6 Å². The first-order valence-electron chi connectivity index (χ1n) is 8.39. The molecule has 0 radical (unpaired) electrons. The molecule has 0 aliphatic rings. The van der Waals surface area contributed by atoms with E-state index in [0.29, 0.717) is 28.5 Å². The lowest BCUT2D eigenvalue weighted by atomic mass is 10.2. The van der Waals surface area contributed by atoms with Crippen LogP contribution in [0.3, 0.4) is 0 Å². The summed E-state index contributed by atoms with van der Waals surface area (Å²) in [5.41, 5.74) is 2.23. The van der Waals surface area contributed by atoms with Gasteiger partial charge in [0.1, 0.15) is 11.3 Å². The fourth-order valence-electron chi connectivity index (χ4n) is 2.98. The second-order valence-corrected chi connectivity index (χ2v) is 7.29. The number of benzene rings is 1. The number of methoxy groups -OCH3 is 1. The summed E-state index contributed by atoms with van der Waals surface area (Å²) in [4.78, 5) is 28.0. The summed E-state index contributed by atoms with van der Waals surface area (Å²) >= 11 is 1.18. The minimum Gasteiger partial charge on any atom is -0.497 e. The maximum atomic E-state index is 12.7. The minimum absolute atomic E-state index is 0.165. The smallest absolute Gasteiger partial charge is 0.410 e. The molecular formula is C19H16N4O4S. The maximum Gasteiger partial charge on any atom is 0.410 e. The van der Waals surface area contributed by atoms with E-state index in [9.17, 15) is 9.59 Å². The third kappa shape index (κ3) is 3.27. The number of thiazole rings is 1. The van der Waals surface area contributed by atoms with E-state index in [0.717, 1.165) is 16.0 Å². The van der Waals surface area contributed by atoms with Crippen LogP contribution >= 0.6 is 11.3 Å². The van der Waals surface area contributed by atoms with Crippen LogP contribution in [0, 0.1) is 6.92 Å². The van der Waals surface area contributed by atoms with Crippen molar-refractivity contribution in [2.75, 3.05) is 12.4 Å². The van der Waals surface area contributed by atoms with E-state index < -0.39 is 6.09 Å². The fourth-order valence-corrected chi connectivity index (χ4v) is 3.95. The predicted octanol–water partition coefficient (Wildman–Crippen LogP) is 3.46. The molecule has 0 aliphatic carbocycles. The first kappa shape index (κ1) is 17.9. The van der Waals surface area contributed by atoms with Crippen LogP contribution in [-0.4, -0.2) is 33.1 Å². The molecule has 0 saturated carbocycles. The van der Waals surface area contributed by atoms with Crippen LogP contribution in [0.15, 0.2) is 41.3 Å². The van der Waals surface area contributed by atoms with Gasteiger partial charge in [0.15, 0.2) is 5.13 Å². The normalized spacial score (nSPS) is 11.1. The number of aryl methyl sites for hydroxylation is 1. The van der Waals surface area contributed by atoms with E-state index in [4.69, 9.17) is 9.84 Å². The lowest BCUT2D eigenvalue weighted by Gasteiger charge is -2.03. The van der Waals surface area contributed by atoms with Gasteiger partial charge in [0.2, 0.25) is 5.43 Å². The maximum absolute atomic E-state index is 12.7. The molecule has 4 aromatic rings. The Morgan fingerprint density at radius 2 is 2.04 bits per heavy atom. The van der Waals surface area contributed by atoms with Crippen LogP contribution in [0.5, 0.6) is 5.75 Å². The molecule has 2 aromatic carbocycles.